The normalized spacial score (nSPS) is 16.4. The molecule has 1 fully saturated rings. The molecule has 2 aromatic rings. The number of amides is 2. The van der Waals surface area contributed by atoms with Crippen LogP contribution in [0.25, 0.3) is 0 Å². The number of carbonyl (C=O) groups is 2. The van der Waals surface area contributed by atoms with Crippen molar-refractivity contribution in [3.63, 3.8) is 0 Å². The topological polar surface area (TPSA) is 88.3 Å². The number of halogens is 2. The molecule has 1 aliphatic heterocycles. The van der Waals surface area contributed by atoms with Gasteiger partial charge in [0, 0.05) is 41.0 Å². The van der Waals surface area contributed by atoms with E-state index in [2.05, 4.69) is 15.5 Å². The monoisotopic (exact) mass is 438 g/mol. The molecule has 1 N–H and O–H groups in total. The maximum atomic E-state index is 12.8. The predicted octanol–water partition coefficient (Wildman–Crippen LogP) is 3.85. The molecule has 0 spiro atoms. The third-order valence-electron chi connectivity index (χ3n) is 4.79. The number of nitrogens with one attached hydrogen (secondary N) is 1. The van der Waals surface area contributed by atoms with E-state index < -0.39 is 6.04 Å². The van der Waals surface area contributed by atoms with Crippen molar-refractivity contribution in [1.29, 1.82) is 0 Å². The fraction of sp³-hybridized carbons (Fsp3) is 0.500. The zero-order valence-electron chi connectivity index (χ0n) is 16.5. The van der Waals surface area contributed by atoms with Gasteiger partial charge in [0.15, 0.2) is 5.82 Å². The number of aryl methyl sites for hydroxylation is 1. The minimum atomic E-state index is -0.490. The Morgan fingerprint density at radius 3 is 2.66 bits per heavy atom. The predicted molar refractivity (Wildman–Crippen MR) is 110 cm³/mol. The summed E-state index contributed by atoms with van der Waals surface area (Å²) < 4.78 is 5.20. The summed E-state index contributed by atoms with van der Waals surface area (Å²) in [4.78, 5) is 31.4. The molecule has 29 heavy (non-hydrogen) atoms. The van der Waals surface area contributed by atoms with Crippen LogP contribution < -0.4 is 5.32 Å². The number of carbonyl (C=O) groups excluding carboxylic acids is 2. The second-order valence-corrected chi connectivity index (χ2v) is 8.28. The minimum Gasteiger partial charge on any atom is -0.354 e. The number of rotatable bonds is 7. The Morgan fingerprint density at radius 1 is 1.28 bits per heavy atom. The molecular formula is C20H24Cl2N4O3. The Bertz CT molecular complexity index is 864. The zero-order chi connectivity index (χ0) is 21.0. The van der Waals surface area contributed by atoms with Crippen molar-refractivity contribution in [2.75, 3.05) is 13.1 Å². The van der Waals surface area contributed by atoms with E-state index in [1.165, 1.54) is 0 Å². The molecule has 7 nitrogen and oxygen atoms in total. The van der Waals surface area contributed by atoms with Crippen LogP contribution >= 0.6 is 23.2 Å². The summed E-state index contributed by atoms with van der Waals surface area (Å²) in [5, 5.41) is 7.62. The van der Waals surface area contributed by atoms with Crippen LogP contribution in [0.15, 0.2) is 22.7 Å². The molecule has 1 aromatic heterocycles. The van der Waals surface area contributed by atoms with E-state index in [1.54, 1.807) is 23.1 Å². The maximum Gasteiger partial charge on any atom is 0.254 e. The zero-order valence-corrected chi connectivity index (χ0v) is 18.0. The number of aromatic nitrogens is 2. The molecule has 0 radical (unpaired) electrons. The summed E-state index contributed by atoms with van der Waals surface area (Å²) in [7, 11) is 0. The lowest BCUT2D eigenvalue weighted by Crippen LogP contribution is -2.46. The largest absolute Gasteiger partial charge is 0.354 e. The lowest BCUT2D eigenvalue weighted by atomic mass is 10.1. The van der Waals surface area contributed by atoms with Gasteiger partial charge in [-0.05, 0) is 37.5 Å². The first kappa shape index (κ1) is 21.6. The summed E-state index contributed by atoms with van der Waals surface area (Å²) in [5.74, 6) is 1.08. The van der Waals surface area contributed by atoms with Gasteiger partial charge < -0.3 is 14.7 Å². The van der Waals surface area contributed by atoms with Crippen LogP contribution in [0.4, 0.5) is 0 Å². The highest BCUT2D eigenvalue weighted by Gasteiger charge is 2.34. The van der Waals surface area contributed by atoms with Crippen LogP contribution in [0.3, 0.4) is 0 Å². The molecule has 1 aliphatic rings. The van der Waals surface area contributed by atoms with Crippen LogP contribution in [-0.2, 0) is 11.2 Å². The molecule has 1 atom stereocenters. The molecule has 2 heterocycles. The number of nitrogens with zero attached hydrogens (tertiary/aromatic N) is 3. The van der Waals surface area contributed by atoms with Crippen molar-refractivity contribution in [3.05, 3.63) is 45.5 Å². The van der Waals surface area contributed by atoms with E-state index in [1.807, 2.05) is 13.8 Å². The molecule has 1 aromatic carbocycles. The van der Waals surface area contributed by atoms with Gasteiger partial charge in [0.1, 0.15) is 6.04 Å². The van der Waals surface area contributed by atoms with E-state index in [0.29, 0.717) is 59.7 Å². The molecule has 1 unspecified atom stereocenters. The van der Waals surface area contributed by atoms with Gasteiger partial charge in [-0.2, -0.15) is 4.98 Å². The highest BCUT2D eigenvalue weighted by atomic mass is 35.5. The summed E-state index contributed by atoms with van der Waals surface area (Å²) >= 11 is 12.0. The number of likely N-dealkylation sites (tertiary alicyclic amines) is 1. The Balaban J connectivity index is 1.52. The minimum absolute atomic E-state index is 0.155. The van der Waals surface area contributed by atoms with Crippen molar-refractivity contribution in [2.24, 2.45) is 0 Å². The van der Waals surface area contributed by atoms with Crippen molar-refractivity contribution < 1.29 is 14.1 Å². The highest BCUT2D eigenvalue weighted by molar-refractivity contribution is 6.35. The molecule has 0 aliphatic carbocycles. The Hall–Kier alpha value is -2.12. The number of hydrogen-bond donors (Lipinski definition) is 1. The second-order valence-electron chi connectivity index (χ2n) is 7.41. The molecule has 9 heteroatoms. The third kappa shape index (κ3) is 5.48. The number of benzene rings is 1. The van der Waals surface area contributed by atoms with Gasteiger partial charge >= 0.3 is 0 Å². The van der Waals surface area contributed by atoms with Gasteiger partial charge in [-0.25, -0.2) is 0 Å². The molecule has 3 rings (SSSR count). The highest BCUT2D eigenvalue weighted by Crippen LogP contribution is 2.24. The van der Waals surface area contributed by atoms with Gasteiger partial charge in [0.25, 0.3) is 5.91 Å². The first-order valence-corrected chi connectivity index (χ1v) is 10.5. The Labute approximate surface area is 179 Å². The standard InChI is InChI=1S/C20H24Cl2N4O3/c1-12(2)18-24-17(29-25-18)6-3-7-23-19(27)16-5-4-8-26(16)20(28)13-9-14(21)11-15(22)10-13/h9-12,16H,3-8H2,1-2H3,(H,23,27). The van der Waals surface area contributed by atoms with Crippen LogP contribution in [0.1, 0.15) is 61.1 Å². The average Bonchev–Trinajstić information content (AvgIpc) is 3.33. The summed E-state index contributed by atoms with van der Waals surface area (Å²) in [6.07, 6.45) is 2.68. The van der Waals surface area contributed by atoms with Crippen LogP contribution in [-0.4, -0.2) is 46.0 Å². The lowest BCUT2D eigenvalue weighted by molar-refractivity contribution is -0.124. The molecule has 0 saturated carbocycles. The van der Waals surface area contributed by atoms with Crippen molar-refractivity contribution in [2.45, 2.75) is 51.5 Å². The fourth-order valence-corrected chi connectivity index (χ4v) is 3.82. The van der Waals surface area contributed by atoms with Crippen LogP contribution in [0.2, 0.25) is 10.0 Å². The fourth-order valence-electron chi connectivity index (χ4n) is 3.30. The van der Waals surface area contributed by atoms with E-state index in [4.69, 9.17) is 27.7 Å². The average molecular weight is 439 g/mol. The lowest BCUT2D eigenvalue weighted by Gasteiger charge is -2.24. The first-order chi connectivity index (χ1) is 13.8. The first-order valence-electron chi connectivity index (χ1n) is 9.72. The van der Waals surface area contributed by atoms with Crippen molar-refractivity contribution in [1.82, 2.24) is 20.4 Å². The van der Waals surface area contributed by atoms with Crippen LogP contribution in [0.5, 0.6) is 0 Å². The third-order valence-corrected chi connectivity index (χ3v) is 5.23. The van der Waals surface area contributed by atoms with E-state index >= 15 is 0 Å². The summed E-state index contributed by atoms with van der Waals surface area (Å²) in [6.45, 7) is 5.00. The van der Waals surface area contributed by atoms with Gasteiger partial charge in [0.2, 0.25) is 11.8 Å². The van der Waals surface area contributed by atoms with Crippen molar-refractivity contribution in [3.8, 4) is 0 Å². The van der Waals surface area contributed by atoms with E-state index in [0.717, 1.165) is 6.42 Å². The maximum absolute atomic E-state index is 12.8. The van der Waals surface area contributed by atoms with Gasteiger partial charge in [-0.1, -0.05) is 42.2 Å². The summed E-state index contributed by atoms with van der Waals surface area (Å²) in [6, 6.07) is 4.22. The molecular weight excluding hydrogens is 415 g/mol. The SMILES string of the molecule is CC(C)c1noc(CCCNC(=O)C2CCCN2C(=O)c2cc(Cl)cc(Cl)c2)n1. The molecule has 1 saturated heterocycles. The van der Waals surface area contributed by atoms with Crippen molar-refractivity contribution >= 4 is 35.0 Å². The Kier molecular flexibility index (Phi) is 7.14. The molecule has 0 bridgehead atoms. The quantitative estimate of drug-likeness (QED) is 0.662. The second kappa shape index (κ2) is 9.59. The Morgan fingerprint density at radius 2 is 2.00 bits per heavy atom. The smallest absolute Gasteiger partial charge is 0.254 e. The van der Waals surface area contributed by atoms with Gasteiger partial charge in [-0.3, -0.25) is 9.59 Å². The van der Waals surface area contributed by atoms with E-state index in [9.17, 15) is 9.59 Å². The van der Waals surface area contributed by atoms with Gasteiger partial charge in [0.05, 0.1) is 0 Å². The molecule has 156 valence electrons. The molecule has 2 amide bonds. The van der Waals surface area contributed by atoms with Gasteiger partial charge in [-0.15, -0.1) is 0 Å². The number of hydrogen-bond acceptors (Lipinski definition) is 5. The van der Waals surface area contributed by atoms with E-state index in [-0.39, 0.29) is 17.7 Å². The van der Waals surface area contributed by atoms with Crippen LogP contribution in [0, 0.1) is 0 Å². The summed E-state index contributed by atoms with van der Waals surface area (Å²) in [5.41, 5.74) is 0.388.